The van der Waals surface area contributed by atoms with Crippen LogP contribution in [0.3, 0.4) is 0 Å². The number of rotatable bonds is 5. The van der Waals surface area contributed by atoms with Gasteiger partial charge in [-0.3, -0.25) is 0 Å². The molecule has 0 radical (unpaired) electrons. The summed E-state index contributed by atoms with van der Waals surface area (Å²) in [6, 6.07) is 9.39. The quantitative estimate of drug-likeness (QED) is 0.909. The summed E-state index contributed by atoms with van der Waals surface area (Å²) in [5.41, 5.74) is 2.80. The Balaban J connectivity index is 1.84. The van der Waals surface area contributed by atoms with Crippen LogP contribution >= 0.6 is 0 Å². The summed E-state index contributed by atoms with van der Waals surface area (Å²) in [5.74, 6) is 0.750. The molecule has 1 aliphatic heterocycles. The van der Waals surface area contributed by atoms with Gasteiger partial charge in [-0.05, 0) is 35.8 Å². The molecule has 1 fully saturated rings. The molecule has 1 aromatic carbocycles. The van der Waals surface area contributed by atoms with Crippen LogP contribution in [0.1, 0.15) is 32.3 Å². The minimum Gasteiger partial charge on any atom is -0.381 e. The molecule has 1 aromatic heterocycles. The second-order valence-electron chi connectivity index (χ2n) is 6.41. The lowest BCUT2D eigenvalue weighted by molar-refractivity contribution is 0.0616. The van der Waals surface area contributed by atoms with Crippen LogP contribution in [0.2, 0.25) is 0 Å². The third kappa shape index (κ3) is 3.47. The number of hydrogen-bond acceptors (Lipinski definition) is 2. The van der Waals surface area contributed by atoms with E-state index in [4.69, 9.17) is 4.74 Å². The summed E-state index contributed by atoms with van der Waals surface area (Å²) >= 11 is 0. The predicted molar refractivity (Wildman–Crippen MR) is 87.5 cm³/mol. The van der Waals surface area contributed by atoms with Crippen molar-refractivity contribution in [3.8, 4) is 0 Å². The van der Waals surface area contributed by atoms with Crippen molar-refractivity contribution in [2.24, 2.45) is 5.92 Å². The number of aromatic nitrogens is 1. The summed E-state index contributed by atoms with van der Waals surface area (Å²) in [4.78, 5) is 0. The lowest BCUT2D eigenvalue weighted by Crippen LogP contribution is -2.23. The van der Waals surface area contributed by atoms with E-state index in [9.17, 15) is 0 Å². The van der Waals surface area contributed by atoms with Gasteiger partial charge in [0.1, 0.15) is 0 Å². The van der Waals surface area contributed by atoms with E-state index in [2.05, 4.69) is 54.2 Å². The number of ether oxygens (including phenoxy) is 1. The predicted octanol–water partition coefficient (Wildman–Crippen LogP) is 3.57. The Kier molecular flexibility index (Phi) is 4.61. The zero-order valence-corrected chi connectivity index (χ0v) is 13.1. The Hall–Kier alpha value is -1.32. The molecule has 2 heterocycles. The minimum absolute atomic E-state index is 0.513. The SMILES string of the molecule is CC(C)NCc1cccc2ccn(CC3CCOCC3)c12. The highest BCUT2D eigenvalue weighted by Crippen LogP contribution is 2.24. The summed E-state index contributed by atoms with van der Waals surface area (Å²) in [6.45, 7) is 8.29. The van der Waals surface area contributed by atoms with Crippen LogP contribution in [0, 0.1) is 5.92 Å². The summed E-state index contributed by atoms with van der Waals surface area (Å²) in [6.07, 6.45) is 4.62. The van der Waals surface area contributed by atoms with Crippen LogP contribution in [0.4, 0.5) is 0 Å². The van der Waals surface area contributed by atoms with Gasteiger partial charge in [-0.2, -0.15) is 0 Å². The second kappa shape index (κ2) is 6.63. The number of nitrogens with zero attached hydrogens (tertiary/aromatic N) is 1. The Morgan fingerprint density at radius 1 is 1.24 bits per heavy atom. The smallest absolute Gasteiger partial charge is 0.0525 e. The zero-order chi connectivity index (χ0) is 14.7. The van der Waals surface area contributed by atoms with Gasteiger partial charge in [-0.15, -0.1) is 0 Å². The van der Waals surface area contributed by atoms with Crippen LogP contribution in [0.25, 0.3) is 10.9 Å². The van der Waals surface area contributed by atoms with Crippen molar-refractivity contribution in [1.29, 1.82) is 0 Å². The highest BCUT2D eigenvalue weighted by molar-refractivity contribution is 5.83. The van der Waals surface area contributed by atoms with E-state index in [-0.39, 0.29) is 0 Å². The van der Waals surface area contributed by atoms with Crippen molar-refractivity contribution in [2.45, 2.75) is 45.8 Å². The van der Waals surface area contributed by atoms with Gasteiger partial charge in [-0.25, -0.2) is 0 Å². The van der Waals surface area contributed by atoms with E-state index in [1.54, 1.807) is 0 Å². The molecule has 0 aliphatic carbocycles. The molecule has 0 amide bonds. The molecule has 0 spiro atoms. The van der Waals surface area contributed by atoms with Gasteiger partial charge in [-0.1, -0.05) is 32.0 Å². The average Bonchev–Trinajstić information content (AvgIpc) is 2.90. The van der Waals surface area contributed by atoms with Gasteiger partial charge >= 0.3 is 0 Å². The van der Waals surface area contributed by atoms with Gasteiger partial charge in [0.15, 0.2) is 0 Å². The van der Waals surface area contributed by atoms with Gasteiger partial charge in [0.2, 0.25) is 0 Å². The molecular formula is C18H26N2O. The normalized spacial score (nSPS) is 16.9. The molecule has 0 unspecified atom stereocenters. The van der Waals surface area contributed by atoms with E-state index in [1.807, 2.05) is 0 Å². The first-order chi connectivity index (χ1) is 10.2. The van der Waals surface area contributed by atoms with Gasteiger partial charge in [0, 0.05) is 38.5 Å². The third-order valence-electron chi connectivity index (χ3n) is 4.37. The van der Waals surface area contributed by atoms with Crippen molar-refractivity contribution in [3.63, 3.8) is 0 Å². The molecule has 0 atom stereocenters. The number of benzene rings is 1. The maximum Gasteiger partial charge on any atom is 0.0525 e. The lowest BCUT2D eigenvalue weighted by atomic mass is 10.0. The Morgan fingerprint density at radius 2 is 2.05 bits per heavy atom. The Labute approximate surface area is 127 Å². The maximum atomic E-state index is 5.48. The monoisotopic (exact) mass is 286 g/mol. The fourth-order valence-corrected chi connectivity index (χ4v) is 3.16. The third-order valence-corrected chi connectivity index (χ3v) is 4.37. The molecule has 3 rings (SSSR count). The molecule has 2 aromatic rings. The standard InChI is InChI=1S/C18H26N2O/c1-14(2)19-12-17-5-3-4-16-6-9-20(18(16)17)13-15-7-10-21-11-8-15/h3-6,9,14-15,19H,7-8,10-13H2,1-2H3. The minimum atomic E-state index is 0.513. The molecule has 1 N–H and O–H groups in total. The van der Waals surface area contributed by atoms with Gasteiger partial charge in [0.05, 0.1) is 5.52 Å². The van der Waals surface area contributed by atoms with Crippen LogP contribution in [0.5, 0.6) is 0 Å². The van der Waals surface area contributed by atoms with E-state index < -0.39 is 0 Å². The summed E-state index contributed by atoms with van der Waals surface area (Å²) in [7, 11) is 0. The maximum absolute atomic E-state index is 5.48. The van der Waals surface area contributed by atoms with Crippen molar-refractivity contribution in [3.05, 3.63) is 36.0 Å². The molecule has 0 saturated carbocycles. The van der Waals surface area contributed by atoms with Crippen molar-refractivity contribution in [1.82, 2.24) is 9.88 Å². The van der Waals surface area contributed by atoms with E-state index >= 15 is 0 Å². The van der Waals surface area contributed by atoms with Crippen molar-refractivity contribution >= 4 is 10.9 Å². The topological polar surface area (TPSA) is 26.2 Å². The number of hydrogen-bond donors (Lipinski definition) is 1. The number of para-hydroxylation sites is 1. The van der Waals surface area contributed by atoms with Crippen LogP contribution in [-0.4, -0.2) is 23.8 Å². The summed E-state index contributed by atoms with van der Waals surface area (Å²) in [5, 5.41) is 4.89. The molecule has 21 heavy (non-hydrogen) atoms. The first-order valence-electron chi connectivity index (χ1n) is 8.12. The summed E-state index contributed by atoms with van der Waals surface area (Å²) < 4.78 is 7.92. The molecule has 114 valence electrons. The number of nitrogens with one attached hydrogen (secondary N) is 1. The molecule has 3 nitrogen and oxygen atoms in total. The molecule has 1 saturated heterocycles. The van der Waals surface area contributed by atoms with Crippen molar-refractivity contribution < 1.29 is 4.74 Å². The largest absolute Gasteiger partial charge is 0.381 e. The second-order valence-corrected chi connectivity index (χ2v) is 6.41. The Bertz CT molecular complexity index is 582. The first-order valence-corrected chi connectivity index (χ1v) is 8.12. The molecule has 3 heteroatoms. The molecular weight excluding hydrogens is 260 g/mol. The first kappa shape index (κ1) is 14.6. The fraction of sp³-hybridized carbons (Fsp3) is 0.556. The van der Waals surface area contributed by atoms with E-state index in [0.29, 0.717) is 6.04 Å². The van der Waals surface area contributed by atoms with Crippen LogP contribution in [-0.2, 0) is 17.8 Å². The highest BCUT2D eigenvalue weighted by Gasteiger charge is 2.16. The van der Waals surface area contributed by atoms with Gasteiger partial charge < -0.3 is 14.6 Å². The molecule has 0 bridgehead atoms. The zero-order valence-electron chi connectivity index (χ0n) is 13.1. The van der Waals surface area contributed by atoms with Crippen molar-refractivity contribution in [2.75, 3.05) is 13.2 Å². The van der Waals surface area contributed by atoms with E-state index in [1.165, 1.54) is 29.3 Å². The van der Waals surface area contributed by atoms with Crippen LogP contribution < -0.4 is 5.32 Å². The van der Waals surface area contributed by atoms with Gasteiger partial charge in [0.25, 0.3) is 0 Å². The van der Waals surface area contributed by atoms with Crippen LogP contribution in [0.15, 0.2) is 30.5 Å². The average molecular weight is 286 g/mol. The number of fused-ring (bicyclic) bond motifs is 1. The van der Waals surface area contributed by atoms with E-state index in [0.717, 1.165) is 32.2 Å². The molecule has 1 aliphatic rings. The lowest BCUT2D eigenvalue weighted by Gasteiger charge is -2.23. The highest BCUT2D eigenvalue weighted by atomic mass is 16.5. The Morgan fingerprint density at radius 3 is 2.81 bits per heavy atom. The fourth-order valence-electron chi connectivity index (χ4n) is 3.16.